The molecule has 0 fully saturated rings. The van der Waals surface area contributed by atoms with E-state index in [9.17, 15) is 4.79 Å². The van der Waals surface area contributed by atoms with Crippen LogP contribution in [0.1, 0.15) is 16.7 Å². The summed E-state index contributed by atoms with van der Waals surface area (Å²) in [6.07, 6.45) is 0.883. The van der Waals surface area contributed by atoms with Crippen molar-refractivity contribution in [2.45, 2.75) is 26.3 Å². The predicted octanol–water partition coefficient (Wildman–Crippen LogP) is 1.75. The molecule has 1 aromatic heterocycles. The molecule has 0 saturated carbocycles. The minimum atomic E-state index is -0.0571. The van der Waals surface area contributed by atoms with Crippen molar-refractivity contribution < 1.29 is 9.53 Å². The van der Waals surface area contributed by atoms with E-state index < -0.39 is 0 Å². The molecule has 0 saturated heterocycles. The number of carbonyl (C=O) groups is 1. The lowest BCUT2D eigenvalue weighted by Crippen LogP contribution is -2.36. The van der Waals surface area contributed by atoms with E-state index in [1.165, 1.54) is 16.9 Å². The van der Waals surface area contributed by atoms with Crippen molar-refractivity contribution in [1.82, 2.24) is 5.32 Å². The zero-order valence-electron chi connectivity index (χ0n) is 9.37. The molecule has 15 heavy (non-hydrogen) atoms. The van der Waals surface area contributed by atoms with Crippen LogP contribution in [0.15, 0.2) is 12.1 Å². The third-order valence-electron chi connectivity index (χ3n) is 1.99. The van der Waals surface area contributed by atoms with Crippen LogP contribution in [0.2, 0.25) is 0 Å². The van der Waals surface area contributed by atoms with E-state index >= 15 is 0 Å². The highest BCUT2D eigenvalue weighted by atomic mass is 32.1. The van der Waals surface area contributed by atoms with Gasteiger partial charge in [0.1, 0.15) is 6.61 Å². The number of aryl methyl sites for hydroxylation is 1. The first-order chi connectivity index (χ1) is 7.11. The van der Waals surface area contributed by atoms with Crippen molar-refractivity contribution in [2.75, 3.05) is 13.7 Å². The summed E-state index contributed by atoms with van der Waals surface area (Å²) in [4.78, 5) is 13.8. The molecule has 1 atom stereocenters. The molecule has 1 heterocycles. The van der Waals surface area contributed by atoms with Gasteiger partial charge in [0.25, 0.3) is 0 Å². The molecule has 0 aliphatic carbocycles. The average Bonchev–Trinajstić information content (AvgIpc) is 2.51. The molecule has 1 amide bonds. The number of methoxy groups -OCH3 is 1. The van der Waals surface area contributed by atoms with Gasteiger partial charge in [0.15, 0.2) is 0 Å². The molecule has 0 aromatic carbocycles. The standard InChI is InChI=1S/C11H17NO2S/c1-8(12-11(13)7-14-3)6-10-5-4-9(2)15-10/h4-5,8H,6-7H2,1-3H3,(H,12,13). The number of hydrogen-bond donors (Lipinski definition) is 1. The molecule has 0 spiro atoms. The van der Waals surface area contributed by atoms with Gasteiger partial charge in [-0.15, -0.1) is 11.3 Å². The second-order valence-electron chi connectivity index (χ2n) is 3.62. The van der Waals surface area contributed by atoms with Gasteiger partial charge in [-0.2, -0.15) is 0 Å². The van der Waals surface area contributed by atoms with E-state index in [-0.39, 0.29) is 18.6 Å². The Hall–Kier alpha value is -0.870. The zero-order valence-corrected chi connectivity index (χ0v) is 10.2. The Morgan fingerprint density at radius 3 is 2.87 bits per heavy atom. The lowest BCUT2D eigenvalue weighted by atomic mass is 10.2. The third kappa shape index (κ3) is 4.44. The molecular weight excluding hydrogens is 210 g/mol. The molecule has 1 rings (SSSR count). The maximum absolute atomic E-state index is 11.2. The molecule has 0 aliphatic rings. The van der Waals surface area contributed by atoms with Gasteiger partial charge in [0.2, 0.25) is 5.91 Å². The fraction of sp³-hybridized carbons (Fsp3) is 0.545. The Balaban J connectivity index is 2.35. The van der Waals surface area contributed by atoms with Crippen LogP contribution in [0.25, 0.3) is 0 Å². The number of rotatable bonds is 5. The molecule has 1 aromatic rings. The first-order valence-corrected chi connectivity index (χ1v) is 5.77. The van der Waals surface area contributed by atoms with E-state index in [4.69, 9.17) is 4.74 Å². The van der Waals surface area contributed by atoms with Crippen LogP contribution in [0.5, 0.6) is 0 Å². The average molecular weight is 227 g/mol. The van der Waals surface area contributed by atoms with Gasteiger partial charge < -0.3 is 10.1 Å². The highest BCUT2D eigenvalue weighted by molar-refractivity contribution is 7.11. The first kappa shape index (κ1) is 12.2. The van der Waals surface area contributed by atoms with Crippen molar-refractivity contribution in [3.8, 4) is 0 Å². The van der Waals surface area contributed by atoms with E-state index in [0.717, 1.165) is 6.42 Å². The Bertz CT molecular complexity index is 322. The van der Waals surface area contributed by atoms with Crippen LogP contribution in [0.3, 0.4) is 0 Å². The third-order valence-corrected chi connectivity index (χ3v) is 3.01. The van der Waals surface area contributed by atoms with Crippen LogP contribution < -0.4 is 5.32 Å². The molecule has 0 radical (unpaired) electrons. The van der Waals surface area contributed by atoms with E-state index in [1.54, 1.807) is 11.3 Å². The number of amides is 1. The Morgan fingerprint density at radius 2 is 2.33 bits per heavy atom. The fourth-order valence-electron chi connectivity index (χ4n) is 1.40. The Morgan fingerprint density at radius 1 is 1.60 bits per heavy atom. The van der Waals surface area contributed by atoms with E-state index in [0.29, 0.717) is 0 Å². The monoisotopic (exact) mass is 227 g/mol. The van der Waals surface area contributed by atoms with Crippen molar-refractivity contribution in [1.29, 1.82) is 0 Å². The van der Waals surface area contributed by atoms with Gasteiger partial charge in [0.05, 0.1) is 0 Å². The second kappa shape index (κ2) is 5.88. The Kier molecular flexibility index (Phi) is 4.78. The van der Waals surface area contributed by atoms with E-state index in [2.05, 4.69) is 24.4 Å². The number of ether oxygens (including phenoxy) is 1. The van der Waals surface area contributed by atoms with Crippen LogP contribution in [-0.2, 0) is 16.0 Å². The second-order valence-corrected chi connectivity index (χ2v) is 4.99. The van der Waals surface area contributed by atoms with Crippen molar-refractivity contribution in [3.63, 3.8) is 0 Å². The summed E-state index contributed by atoms with van der Waals surface area (Å²) < 4.78 is 4.75. The summed E-state index contributed by atoms with van der Waals surface area (Å²) in [5.74, 6) is -0.0571. The van der Waals surface area contributed by atoms with Gasteiger partial charge in [-0.05, 0) is 26.0 Å². The lowest BCUT2D eigenvalue weighted by Gasteiger charge is -2.12. The molecule has 0 bridgehead atoms. The Labute approximate surface area is 94.5 Å². The van der Waals surface area contributed by atoms with Crippen LogP contribution in [-0.4, -0.2) is 25.7 Å². The van der Waals surface area contributed by atoms with Crippen molar-refractivity contribution in [3.05, 3.63) is 21.9 Å². The van der Waals surface area contributed by atoms with Crippen LogP contribution in [0.4, 0.5) is 0 Å². The van der Waals surface area contributed by atoms with Gasteiger partial charge in [-0.1, -0.05) is 0 Å². The number of nitrogens with one attached hydrogen (secondary N) is 1. The molecule has 84 valence electrons. The van der Waals surface area contributed by atoms with Gasteiger partial charge in [0, 0.05) is 29.3 Å². The highest BCUT2D eigenvalue weighted by Crippen LogP contribution is 2.16. The van der Waals surface area contributed by atoms with Gasteiger partial charge in [-0.25, -0.2) is 0 Å². The molecule has 1 unspecified atom stereocenters. The van der Waals surface area contributed by atoms with Gasteiger partial charge >= 0.3 is 0 Å². The minimum absolute atomic E-state index is 0.0571. The topological polar surface area (TPSA) is 38.3 Å². The maximum Gasteiger partial charge on any atom is 0.246 e. The van der Waals surface area contributed by atoms with E-state index in [1.807, 2.05) is 6.92 Å². The summed E-state index contributed by atoms with van der Waals surface area (Å²) in [7, 11) is 1.52. The fourth-order valence-corrected chi connectivity index (χ4v) is 2.41. The molecule has 0 aliphatic heterocycles. The quantitative estimate of drug-likeness (QED) is 0.832. The molecular formula is C11H17NO2S. The predicted molar refractivity (Wildman–Crippen MR) is 62.2 cm³/mol. The SMILES string of the molecule is COCC(=O)NC(C)Cc1ccc(C)s1. The minimum Gasteiger partial charge on any atom is -0.375 e. The first-order valence-electron chi connectivity index (χ1n) is 4.95. The van der Waals surface area contributed by atoms with Gasteiger partial charge in [-0.3, -0.25) is 4.79 Å². The summed E-state index contributed by atoms with van der Waals surface area (Å²) >= 11 is 1.77. The number of thiophene rings is 1. The highest BCUT2D eigenvalue weighted by Gasteiger charge is 2.08. The summed E-state index contributed by atoms with van der Waals surface area (Å²) in [5, 5.41) is 2.88. The smallest absolute Gasteiger partial charge is 0.246 e. The van der Waals surface area contributed by atoms with Crippen molar-refractivity contribution in [2.24, 2.45) is 0 Å². The summed E-state index contributed by atoms with van der Waals surface area (Å²) in [6, 6.07) is 4.37. The molecule has 1 N–H and O–H groups in total. The largest absolute Gasteiger partial charge is 0.375 e. The van der Waals surface area contributed by atoms with Crippen molar-refractivity contribution >= 4 is 17.2 Å². The summed E-state index contributed by atoms with van der Waals surface area (Å²) in [5.41, 5.74) is 0. The maximum atomic E-state index is 11.2. The number of hydrogen-bond acceptors (Lipinski definition) is 3. The molecule has 3 nitrogen and oxygen atoms in total. The summed E-state index contributed by atoms with van der Waals surface area (Å²) in [6.45, 7) is 4.22. The van der Waals surface area contributed by atoms with Crippen LogP contribution >= 0.6 is 11.3 Å². The van der Waals surface area contributed by atoms with Crippen LogP contribution in [0, 0.1) is 6.92 Å². The number of carbonyl (C=O) groups excluding carboxylic acids is 1. The molecule has 4 heteroatoms. The lowest BCUT2D eigenvalue weighted by molar-refractivity contribution is -0.125. The normalized spacial score (nSPS) is 12.5. The zero-order chi connectivity index (χ0) is 11.3.